The van der Waals surface area contributed by atoms with Crippen molar-refractivity contribution in [3.63, 3.8) is 0 Å². The van der Waals surface area contributed by atoms with E-state index in [4.69, 9.17) is 0 Å². The average molecular weight is 310 g/mol. The van der Waals surface area contributed by atoms with Crippen LogP contribution in [0, 0.1) is 0 Å². The Morgan fingerprint density at radius 2 is 1.70 bits per heavy atom. The van der Waals surface area contributed by atoms with Gasteiger partial charge in [0.05, 0.1) is 6.10 Å². The van der Waals surface area contributed by atoms with Crippen molar-refractivity contribution in [1.29, 1.82) is 0 Å². The zero-order valence-electron chi connectivity index (χ0n) is 12.7. The molecule has 0 fully saturated rings. The molecule has 5 heteroatoms. The summed E-state index contributed by atoms with van der Waals surface area (Å²) < 4.78 is 0. The van der Waals surface area contributed by atoms with Gasteiger partial charge in [-0.2, -0.15) is 0 Å². The van der Waals surface area contributed by atoms with E-state index in [1.165, 1.54) is 6.08 Å². The van der Waals surface area contributed by atoms with Gasteiger partial charge in [0.2, 0.25) is 5.91 Å². The Labute approximate surface area is 134 Å². The molecule has 0 radical (unpaired) electrons. The number of carbonyl (C=O) groups excluding carboxylic acids is 2. The quantitative estimate of drug-likeness (QED) is 0.742. The summed E-state index contributed by atoms with van der Waals surface area (Å²) in [6.45, 7) is 5.05. The Morgan fingerprint density at radius 1 is 1.09 bits per heavy atom. The molecule has 2 amide bonds. The van der Waals surface area contributed by atoms with Crippen molar-refractivity contribution in [2.24, 2.45) is 0 Å². The molecular formula is C18H18N2O3. The van der Waals surface area contributed by atoms with Gasteiger partial charge in [-0.25, -0.2) is 0 Å². The van der Waals surface area contributed by atoms with Crippen molar-refractivity contribution in [2.45, 2.75) is 13.0 Å². The molecule has 0 spiro atoms. The second-order valence-corrected chi connectivity index (χ2v) is 5.03. The highest BCUT2D eigenvalue weighted by molar-refractivity contribution is 6.05. The van der Waals surface area contributed by atoms with Gasteiger partial charge in [0, 0.05) is 16.9 Å². The van der Waals surface area contributed by atoms with Crippen molar-refractivity contribution in [3.8, 4) is 0 Å². The highest BCUT2D eigenvalue weighted by Gasteiger charge is 2.08. The van der Waals surface area contributed by atoms with Crippen LogP contribution in [0.4, 0.5) is 11.4 Å². The maximum Gasteiger partial charge on any atom is 0.255 e. The minimum absolute atomic E-state index is 0.269. The summed E-state index contributed by atoms with van der Waals surface area (Å²) in [5.41, 5.74) is 2.36. The fourth-order valence-corrected chi connectivity index (χ4v) is 1.98. The van der Waals surface area contributed by atoms with Crippen LogP contribution < -0.4 is 10.6 Å². The van der Waals surface area contributed by atoms with Gasteiger partial charge in [-0.15, -0.1) is 0 Å². The number of benzene rings is 2. The lowest BCUT2D eigenvalue weighted by Crippen LogP contribution is -2.13. The normalized spacial score (nSPS) is 11.4. The maximum absolute atomic E-state index is 12.2. The Morgan fingerprint density at radius 3 is 2.26 bits per heavy atom. The van der Waals surface area contributed by atoms with Crippen LogP contribution in [-0.4, -0.2) is 16.9 Å². The minimum atomic E-state index is -0.572. The number of hydrogen-bond acceptors (Lipinski definition) is 3. The smallest absolute Gasteiger partial charge is 0.255 e. The van der Waals surface area contributed by atoms with E-state index in [1.807, 2.05) is 0 Å². The predicted molar refractivity (Wildman–Crippen MR) is 90.3 cm³/mol. The Bertz CT molecular complexity index is 721. The van der Waals surface area contributed by atoms with Crippen molar-refractivity contribution in [3.05, 3.63) is 72.3 Å². The first-order valence-electron chi connectivity index (χ1n) is 7.12. The van der Waals surface area contributed by atoms with Gasteiger partial charge in [-0.05, 0) is 48.9 Å². The lowest BCUT2D eigenvalue weighted by atomic mass is 10.1. The van der Waals surface area contributed by atoms with Crippen LogP contribution in [0.1, 0.15) is 28.9 Å². The fourth-order valence-electron chi connectivity index (χ4n) is 1.98. The first-order valence-corrected chi connectivity index (χ1v) is 7.12. The molecule has 0 unspecified atom stereocenters. The highest BCUT2D eigenvalue weighted by atomic mass is 16.3. The van der Waals surface area contributed by atoms with E-state index in [-0.39, 0.29) is 11.8 Å². The van der Waals surface area contributed by atoms with E-state index < -0.39 is 6.10 Å². The number of carbonyl (C=O) groups is 2. The number of rotatable bonds is 5. The summed E-state index contributed by atoms with van der Waals surface area (Å²) in [7, 11) is 0. The summed E-state index contributed by atoms with van der Waals surface area (Å²) in [6, 6.07) is 13.6. The second-order valence-electron chi connectivity index (χ2n) is 5.03. The standard InChI is InChI=1S/C18H18N2O3/c1-3-17(22)19-15-5-4-6-16(11-15)20-18(23)14-9-7-13(8-10-14)12(2)21/h3-12,21H,1H2,2H3,(H,19,22)(H,20,23)/t12-/m0/s1. The molecule has 0 aliphatic heterocycles. The highest BCUT2D eigenvalue weighted by Crippen LogP contribution is 2.17. The molecule has 2 aromatic rings. The van der Waals surface area contributed by atoms with Gasteiger partial charge in [0.1, 0.15) is 0 Å². The molecule has 1 atom stereocenters. The monoisotopic (exact) mass is 310 g/mol. The van der Waals surface area contributed by atoms with Gasteiger partial charge in [0.25, 0.3) is 5.91 Å². The molecule has 2 aromatic carbocycles. The molecule has 0 saturated heterocycles. The minimum Gasteiger partial charge on any atom is -0.389 e. The first kappa shape index (κ1) is 16.5. The van der Waals surface area contributed by atoms with E-state index >= 15 is 0 Å². The molecule has 0 saturated carbocycles. The van der Waals surface area contributed by atoms with Crippen molar-refractivity contribution in [2.75, 3.05) is 10.6 Å². The Kier molecular flexibility index (Phi) is 5.28. The number of aliphatic hydroxyl groups is 1. The van der Waals surface area contributed by atoms with E-state index in [9.17, 15) is 14.7 Å². The maximum atomic E-state index is 12.2. The van der Waals surface area contributed by atoms with Crippen molar-refractivity contribution in [1.82, 2.24) is 0 Å². The topological polar surface area (TPSA) is 78.4 Å². The van der Waals surface area contributed by atoms with Gasteiger partial charge >= 0.3 is 0 Å². The molecule has 2 rings (SSSR count). The van der Waals surface area contributed by atoms with Crippen LogP contribution in [0.25, 0.3) is 0 Å². The number of aliphatic hydroxyl groups excluding tert-OH is 1. The molecule has 3 N–H and O–H groups in total. The van der Waals surface area contributed by atoms with Gasteiger partial charge in [-0.3, -0.25) is 9.59 Å². The fraction of sp³-hybridized carbons (Fsp3) is 0.111. The zero-order valence-corrected chi connectivity index (χ0v) is 12.7. The van der Waals surface area contributed by atoms with Crippen LogP contribution in [0.2, 0.25) is 0 Å². The summed E-state index contributed by atoms with van der Waals surface area (Å²) in [5, 5.41) is 14.9. The lowest BCUT2D eigenvalue weighted by molar-refractivity contribution is -0.111. The number of anilines is 2. The van der Waals surface area contributed by atoms with Crippen LogP contribution in [0.15, 0.2) is 61.2 Å². The molecule has 0 aliphatic rings. The first-order chi connectivity index (χ1) is 11.0. The van der Waals surface area contributed by atoms with Crippen LogP contribution >= 0.6 is 0 Å². The van der Waals surface area contributed by atoms with Gasteiger partial charge in [-0.1, -0.05) is 24.8 Å². The van der Waals surface area contributed by atoms with E-state index in [1.54, 1.807) is 55.5 Å². The van der Waals surface area contributed by atoms with E-state index in [0.29, 0.717) is 16.9 Å². The van der Waals surface area contributed by atoms with Crippen LogP contribution in [-0.2, 0) is 4.79 Å². The largest absolute Gasteiger partial charge is 0.389 e. The Balaban J connectivity index is 2.09. The molecule has 0 aromatic heterocycles. The average Bonchev–Trinajstić information content (AvgIpc) is 2.55. The molecule has 118 valence electrons. The van der Waals surface area contributed by atoms with Crippen LogP contribution in [0.5, 0.6) is 0 Å². The number of amides is 2. The van der Waals surface area contributed by atoms with Gasteiger partial charge in [0.15, 0.2) is 0 Å². The third-order valence-electron chi connectivity index (χ3n) is 3.23. The van der Waals surface area contributed by atoms with Crippen LogP contribution in [0.3, 0.4) is 0 Å². The predicted octanol–water partition coefficient (Wildman–Crippen LogP) is 3.12. The van der Waals surface area contributed by atoms with Gasteiger partial charge < -0.3 is 15.7 Å². The third kappa shape index (κ3) is 4.52. The zero-order chi connectivity index (χ0) is 16.8. The molecule has 23 heavy (non-hydrogen) atoms. The number of hydrogen-bond donors (Lipinski definition) is 3. The third-order valence-corrected chi connectivity index (χ3v) is 3.23. The molecule has 5 nitrogen and oxygen atoms in total. The summed E-state index contributed by atoms with van der Waals surface area (Å²) >= 11 is 0. The molecule has 0 bridgehead atoms. The molecule has 0 aliphatic carbocycles. The van der Waals surface area contributed by atoms with E-state index in [2.05, 4.69) is 17.2 Å². The molecule has 0 heterocycles. The molecular weight excluding hydrogens is 292 g/mol. The second kappa shape index (κ2) is 7.38. The van der Waals surface area contributed by atoms with Crippen molar-refractivity contribution >= 4 is 23.2 Å². The SMILES string of the molecule is C=CC(=O)Nc1cccc(NC(=O)c2ccc([C@H](C)O)cc2)c1. The van der Waals surface area contributed by atoms with E-state index in [0.717, 1.165) is 5.56 Å². The summed E-state index contributed by atoms with van der Waals surface area (Å²) in [4.78, 5) is 23.5. The summed E-state index contributed by atoms with van der Waals surface area (Å²) in [5.74, 6) is -0.587. The lowest BCUT2D eigenvalue weighted by Gasteiger charge is -2.09. The Hall–Kier alpha value is -2.92. The number of nitrogens with one attached hydrogen (secondary N) is 2. The summed E-state index contributed by atoms with van der Waals surface area (Å²) in [6.07, 6.45) is 0.604. The van der Waals surface area contributed by atoms with Crippen molar-refractivity contribution < 1.29 is 14.7 Å².